The molecule has 0 N–H and O–H groups in total. The van der Waals surface area contributed by atoms with Gasteiger partial charge in [0.2, 0.25) is 0 Å². The molecule has 0 saturated heterocycles. The number of hydrogen-bond acceptors (Lipinski definition) is 3. The first kappa shape index (κ1) is 17.7. The minimum atomic E-state index is -0.723. The van der Waals surface area contributed by atoms with Crippen LogP contribution in [0.5, 0.6) is 0 Å². The average molecular weight is 322 g/mol. The highest BCUT2D eigenvalue weighted by Crippen LogP contribution is 2.19. The Bertz CT molecular complexity index is 717. The zero-order valence-electron chi connectivity index (χ0n) is 14.2. The van der Waals surface area contributed by atoms with Gasteiger partial charge in [-0.3, -0.25) is 9.59 Å². The number of allylic oxidation sites excluding steroid dienone is 1. The smallest absolute Gasteiger partial charge is 0.173 e. The number of benzene rings is 2. The van der Waals surface area contributed by atoms with Crippen molar-refractivity contribution >= 4 is 11.6 Å². The van der Waals surface area contributed by atoms with E-state index in [4.69, 9.17) is 4.74 Å². The Kier molecular flexibility index (Phi) is 6.07. The summed E-state index contributed by atoms with van der Waals surface area (Å²) in [5.74, 6) is -1.12. The summed E-state index contributed by atoms with van der Waals surface area (Å²) in [6.45, 7) is 5.23. The lowest BCUT2D eigenvalue weighted by Crippen LogP contribution is -2.22. The Labute approximate surface area is 143 Å². The van der Waals surface area contributed by atoms with Crippen molar-refractivity contribution in [2.75, 3.05) is 0 Å². The van der Waals surface area contributed by atoms with Crippen LogP contribution in [0.3, 0.4) is 0 Å². The molecule has 1 unspecified atom stereocenters. The van der Waals surface area contributed by atoms with Crippen LogP contribution in [0.1, 0.15) is 42.8 Å². The van der Waals surface area contributed by atoms with Crippen molar-refractivity contribution in [3.05, 3.63) is 83.6 Å². The highest BCUT2D eigenvalue weighted by atomic mass is 16.5. The van der Waals surface area contributed by atoms with Crippen LogP contribution in [0.25, 0.3) is 0 Å². The summed E-state index contributed by atoms with van der Waals surface area (Å²) in [4.78, 5) is 24.8. The topological polar surface area (TPSA) is 43.4 Å². The van der Waals surface area contributed by atoms with Gasteiger partial charge in [-0.05, 0) is 26.3 Å². The van der Waals surface area contributed by atoms with Crippen molar-refractivity contribution in [3.8, 4) is 0 Å². The summed E-state index contributed by atoms with van der Waals surface area (Å²) in [5.41, 5.74) is 2.02. The molecular weight excluding hydrogens is 300 g/mol. The van der Waals surface area contributed by atoms with Crippen LogP contribution in [0.15, 0.2) is 72.5 Å². The van der Waals surface area contributed by atoms with Gasteiger partial charge < -0.3 is 4.74 Å². The summed E-state index contributed by atoms with van der Waals surface area (Å²) in [6, 6.07) is 18.6. The van der Waals surface area contributed by atoms with Gasteiger partial charge in [-0.25, -0.2) is 0 Å². The lowest BCUT2D eigenvalue weighted by atomic mass is 9.92. The molecule has 0 aliphatic rings. The van der Waals surface area contributed by atoms with Gasteiger partial charge in [-0.15, -0.1) is 0 Å². The van der Waals surface area contributed by atoms with Crippen molar-refractivity contribution in [1.29, 1.82) is 0 Å². The number of ketones is 2. The van der Waals surface area contributed by atoms with Crippen molar-refractivity contribution in [3.63, 3.8) is 0 Å². The second-order valence-electron chi connectivity index (χ2n) is 5.81. The van der Waals surface area contributed by atoms with Crippen LogP contribution < -0.4 is 0 Å². The standard InChI is InChI=1S/C21H22O3/c1-15(14-24-17(3)18-10-6-4-7-11-18)20(22)16(2)21(23)19-12-8-5-9-13-19/h4-14,16-17H,1-3H3/b15-14+/t16?,17-/m0/s1. The van der Waals surface area contributed by atoms with Crippen molar-refractivity contribution in [2.24, 2.45) is 5.92 Å². The molecule has 0 fully saturated rings. The summed E-state index contributed by atoms with van der Waals surface area (Å²) < 4.78 is 5.65. The molecule has 124 valence electrons. The van der Waals surface area contributed by atoms with Crippen LogP contribution >= 0.6 is 0 Å². The number of Topliss-reactive ketones (excluding diaryl/α,β-unsaturated/α-hetero) is 2. The Balaban J connectivity index is 2.01. The third-order valence-corrected chi connectivity index (χ3v) is 3.95. The van der Waals surface area contributed by atoms with E-state index in [1.807, 2.05) is 43.3 Å². The molecule has 3 nitrogen and oxygen atoms in total. The maximum atomic E-state index is 12.4. The van der Waals surface area contributed by atoms with Crippen molar-refractivity contribution in [1.82, 2.24) is 0 Å². The van der Waals surface area contributed by atoms with E-state index >= 15 is 0 Å². The summed E-state index contributed by atoms with van der Waals surface area (Å²) in [7, 11) is 0. The molecule has 0 heterocycles. The fourth-order valence-corrected chi connectivity index (χ4v) is 2.38. The van der Waals surface area contributed by atoms with E-state index in [1.54, 1.807) is 38.1 Å². The van der Waals surface area contributed by atoms with Gasteiger partial charge >= 0.3 is 0 Å². The molecule has 2 atom stereocenters. The number of carbonyl (C=O) groups is 2. The molecule has 0 bridgehead atoms. The molecule has 0 aliphatic carbocycles. The summed E-state index contributed by atoms with van der Waals surface area (Å²) >= 11 is 0. The minimum Gasteiger partial charge on any atom is -0.493 e. The molecular formula is C21H22O3. The lowest BCUT2D eigenvalue weighted by molar-refractivity contribution is -0.117. The minimum absolute atomic E-state index is 0.158. The summed E-state index contributed by atoms with van der Waals surface area (Å²) in [5, 5.41) is 0. The molecule has 0 amide bonds. The van der Waals surface area contributed by atoms with E-state index in [9.17, 15) is 9.59 Å². The predicted molar refractivity (Wildman–Crippen MR) is 94.6 cm³/mol. The van der Waals surface area contributed by atoms with E-state index in [1.165, 1.54) is 6.26 Å². The van der Waals surface area contributed by atoms with E-state index in [2.05, 4.69) is 0 Å². The molecule has 0 aromatic heterocycles. The number of hydrogen-bond donors (Lipinski definition) is 0. The van der Waals surface area contributed by atoms with Gasteiger partial charge in [0.25, 0.3) is 0 Å². The SMILES string of the molecule is C/C(=C\O[C@@H](C)c1ccccc1)C(=O)C(C)C(=O)c1ccccc1. The number of ether oxygens (including phenoxy) is 1. The summed E-state index contributed by atoms with van der Waals surface area (Å²) in [6.07, 6.45) is 1.29. The van der Waals surface area contributed by atoms with Crippen molar-refractivity contribution < 1.29 is 14.3 Å². The molecule has 0 saturated carbocycles. The average Bonchev–Trinajstić information content (AvgIpc) is 2.65. The first-order valence-electron chi connectivity index (χ1n) is 8.01. The van der Waals surface area contributed by atoms with Gasteiger partial charge in [0, 0.05) is 11.1 Å². The van der Waals surface area contributed by atoms with Crippen LogP contribution in [-0.4, -0.2) is 11.6 Å². The van der Waals surface area contributed by atoms with Crippen LogP contribution in [-0.2, 0) is 9.53 Å². The lowest BCUT2D eigenvalue weighted by Gasteiger charge is -2.14. The fourth-order valence-electron chi connectivity index (χ4n) is 2.38. The van der Waals surface area contributed by atoms with Crippen LogP contribution in [0.4, 0.5) is 0 Å². The zero-order chi connectivity index (χ0) is 17.5. The van der Waals surface area contributed by atoms with Gasteiger partial charge in [-0.2, -0.15) is 0 Å². The molecule has 3 heteroatoms. The van der Waals surface area contributed by atoms with Crippen LogP contribution in [0, 0.1) is 5.92 Å². The Morgan fingerprint density at radius 1 is 0.917 bits per heavy atom. The maximum absolute atomic E-state index is 12.4. The first-order chi connectivity index (χ1) is 11.5. The van der Waals surface area contributed by atoms with Gasteiger partial charge in [-0.1, -0.05) is 60.7 Å². The Hall–Kier alpha value is -2.68. The highest BCUT2D eigenvalue weighted by Gasteiger charge is 2.24. The highest BCUT2D eigenvalue weighted by molar-refractivity contribution is 6.15. The second kappa shape index (κ2) is 8.25. The van der Waals surface area contributed by atoms with E-state index in [0.29, 0.717) is 11.1 Å². The monoisotopic (exact) mass is 322 g/mol. The Morgan fingerprint density at radius 3 is 2.04 bits per heavy atom. The van der Waals surface area contributed by atoms with Gasteiger partial charge in [0.05, 0.1) is 12.2 Å². The quantitative estimate of drug-likeness (QED) is 0.319. The number of rotatable bonds is 7. The van der Waals surface area contributed by atoms with E-state index in [0.717, 1.165) is 5.56 Å². The third kappa shape index (κ3) is 4.42. The molecule has 0 aliphatic heterocycles. The van der Waals surface area contributed by atoms with Gasteiger partial charge in [0.1, 0.15) is 6.10 Å². The van der Waals surface area contributed by atoms with Gasteiger partial charge in [0.15, 0.2) is 11.6 Å². The molecule has 24 heavy (non-hydrogen) atoms. The number of carbonyl (C=O) groups excluding carboxylic acids is 2. The van der Waals surface area contributed by atoms with Crippen molar-refractivity contribution in [2.45, 2.75) is 26.9 Å². The van der Waals surface area contributed by atoms with Crippen LogP contribution in [0.2, 0.25) is 0 Å². The largest absolute Gasteiger partial charge is 0.493 e. The fraction of sp³-hybridized carbons (Fsp3) is 0.238. The molecule has 2 aromatic rings. The zero-order valence-corrected chi connectivity index (χ0v) is 14.2. The maximum Gasteiger partial charge on any atom is 0.173 e. The first-order valence-corrected chi connectivity index (χ1v) is 8.01. The molecule has 2 rings (SSSR count). The normalized spacial score (nSPS) is 13.9. The molecule has 2 aromatic carbocycles. The molecule has 0 spiro atoms. The van der Waals surface area contributed by atoms with E-state index < -0.39 is 5.92 Å². The van der Waals surface area contributed by atoms with E-state index in [-0.39, 0.29) is 17.7 Å². The molecule has 0 radical (unpaired) electrons. The third-order valence-electron chi connectivity index (χ3n) is 3.95. The Morgan fingerprint density at radius 2 is 1.46 bits per heavy atom. The second-order valence-corrected chi connectivity index (χ2v) is 5.81. The predicted octanol–water partition coefficient (Wildman–Crippen LogP) is 4.76.